The summed E-state index contributed by atoms with van der Waals surface area (Å²) in [5, 5.41) is 3.48. The molecular formula is C16H21F2N. The van der Waals surface area contributed by atoms with Crippen LogP contribution in [-0.2, 0) is 6.54 Å². The second-order valence-corrected chi connectivity index (χ2v) is 6.26. The first kappa shape index (κ1) is 13.0. The molecule has 2 fully saturated rings. The Labute approximate surface area is 113 Å². The minimum absolute atomic E-state index is 0.461. The lowest BCUT2D eigenvalue weighted by Gasteiger charge is -2.28. The van der Waals surface area contributed by atoms with E-state index in [0.717, 1.165) is 23.3 Å². The van der Waals surface area contributed by atoms with Crippen LogP contribution in [0.3, 0.4) is 0 Å². The maximum absolute atomic E-state index is 13.1. The molecule has 4 atom stereocenters. The highest BCUT2D eigenvalue weighted by molar-refractivity contribution is 5.17. The molecule has 1 aromatic carbocycles. The van der Waals surface area contributed by atoms with Gasteiger partial charge < -0.3 is 5.32 Å². The molecule has 104 valence electrons. The van der Waals surface area contributed by atoms with Crippen molar-refractivity contribution < 1.29 is 8.78 Å². The fourth-order valence-corrected chi connectivity index (χ4v) is 3.99. The van der Waals surface area contributed by atoms with Gasteiger partial charge in [0.2, 0.25) is 0 Å². The smallest absolute Gasteiger partial charge is 0.159 e. The monoisotopic (exact) mass is 265 g/mol. The van der Waals surface area contributed by atoms with E-state index in [9.17, 15) is 8.78 Å². The van der Waals surface area contributed by atoms with Crippen molar-refractivity contribution in [2.45, 2.75) is 45.2 Å². The number of hydrogen-bond acceptors (Lipinski definition) is 1. The van der Waals surface area contributed by atoms with Crippen LogP contribution in [0.5, 0.6) is 0 Å². The number of benzene rings is 1. The second kappa shape index (κ2) is 5.20. The van der Waals surface area contributed by atoms with Gasteiger partial charge in [0.25, 0.3) is 0 Å². The third-order valence-electron chi connectivity index (χ3n) is 5.05. The molecule has 19 heavy (non-hydrogen) atoms. The lowest BCUT2D eigenvalue weighted by Crippen LogP contribution is -2.35. The first-order chi connectivity index (χ1) is 9.13. The lowest BCUT2D eigenvalue weighted by molar-refractivity contribution is 0.259. The number of fused-ring (bicyclic) bond motifs is 2. The summed E-state index contributed by atoms with van der Waals surface area (Å²) in [4.78, 5) is 0. The van der Waals surface area contributed by atoms with Gasteiger partial charge in [-0.25, -0.2) is 8.78 Å². The van der Waals surface area contributed by atoms with Crippen LogP contribution in [0.15, 0.2) is 18.2 Å². The van der Waals surface area contributed by atoms with Crippen LogP contribution < -0.4 is 5.32 Å². The Balaban J connectivity index is 1.55. The van der Waals surface area contributed by atoms with Gasteiger partial charge in [-0.15, -0.1) is 0 Å². The Morgan fingerprint density at radius 3 is 2.68 bits per heavy atom. The Hall–Kier alpha value is -0.960. The first-order valence-corrected chi connectivity index (χ1v) is 7.31. The summed E-state index contributed by atoms with van der Waals surface area (Å²) in [6.45, 7) is 2.84. The quantitative estimate of drug-likeness (QED) is 0.871. The maximum Gasteiger partial charge on any atom is 0.159 e. The van der Waals surface area contributed by atoms with Crippen LogP contribution >= 0.6 is 0 Å². The average molecular weight is 265 g/mol. The van der Waals surface area contributed by atoms with Crippen molar-refractivity contribution in [3.8, 4) is 0 Å². The number of halogens is 2. The summed E-state index contributed by atoms with van der Waals surface area (Å²) in [6, 6.07) is 4.60. The van der Waals surface area contributed by atoms with Crippen LogP contribution in [0.2, 0.25) is 0 Å². The third-order valence-corrected chi connectivity index (χ3v) is 5.05. The van der Waals surface area contributed by atoms with Crippen molar-refractivity contribution in [3.05, 3.63) is 35.4 Å². The topological polar surface area (TPSA) is 12.0 Å². The van der Waals surface area contributed by atoms with E-state index in [-0.39, 0.29) is 0 Å². The van der Waals surface area contributed by atoms with E-state index in [1.165, 1.54) is 37.8 Å². The molecule has 2 aliphatic rings. The van der Waals surface area contributed by atoms with E-state index in [4.69, 9.17) is 0 Å². The molecule has 0 aliphatic heterocycles. The summed E-state index contributed by atoms with van der Waals surface area (Å²) in [7, 11) is 0. The molecule has 0 heterocycles. The maximum atomic E-state index is 13.1. The molecular weight excluding hydrogens is 244 g/mol. The Bertz CT molecular complexity index is 460. The van der Waals surface area contributed by atoms with Crippen molar-refractivity contribution in [1.82, 2.24) is 5.32 Å². The molecule has 3 heteroatoms. The average Bonchev–Trinajstić information content (AvgIpc) is 3.02. The third kappa shape index (κ3) is 2.66. The highest BCUT2D eigenvalue weighted by Gasteiger charge is 2.41. The van der Waals surface area contributed by atoms with Gasteiger partial charge in [-0.3, -0.25) is 0 Å². The first-order valence-electron chi connectivity index (χ1n) is 7.31. The van der Waals surface area contributed by atoms with E-state index in [2.05, 4.69) is 12.2 Å². The van der Waals surface area contributed by atoms with Gasteiger partial charge in [0, 0.05) is 12.6 Å². The summed E-state index contributed by atoms with van der Waals surface area (Å²) < 4.78 is 26.0. The van der Waals surface area contributed by atoms with Crippen molar-refractivity contribution in [3.63, 3.8) is 0 Å². The van der Waals surface area contributed by atoms with Gasteiger partial charge >= 0.3 is 0 Å². The van der Waals surface area contributed by atoms with Crippen molar-refractivity contribution >= 4 is 0 Å². The predicted octanol–water partition coefficient (Wildman–Crippen LogP) is 3.88. The van der Waals surface area contributed by atoms with E-state index in [1.54, 1.807) is 6.07 Å². The van der Waals surface area contributed by atoms with Crippen LogP contribution in [-0.4, -0.2) is 6.04 Å². The molecule has 2 aliphatic carbocycles. The second-order valence-electron chi connectivity index (χ2n) is 6.26. The summed E-state index contributed by atoms with van der Waals surface area (Å²) in [6.07, 6.45) is 5.54. The Kier molecular flexibility index (Phi) is 3.57. The zero-order valence-electron chi connectivity index (χ0n) is 11.3. The molecule has 1 aromatic rings. The summed E-state index contributed by atoms with van der Waals surface area (Å²) >= 11 is 0. The molecule has 0 amide bonds. The molecule has 3 rings (SSSR count). The van der Waals surface area contributed by atoms with E-state index in [0.29, 0.717) is 12.6 Å². The standard InChI is InChI=1S/C16H21F2N/c1-10(14-7-11-2-4-13(14)6-11)19-9-12-3-5-15(17)16(18)8-12/h3,5,8,10-11,13-14,19H,2,4,6-7,9H2,1H3. The predicted molar refractivity (Wildman–Crippen MR) is 71.6 cm³/mol. The molecule has 4 unspecified atom stereocenters. The minimum atomic E-state index is -0.773. The van der Waals surface area contributed by atoms with Crippen LogP contribution in [0.25, 0.3) is 0 Å². The van der Waals surface area contributed by atoms with E-state index >= 15 is 0 Å². The molecule has 1 N–H and O–H groups in total. The summed E-state index contributed by atoms with van der Waals surface area (Å²) in [5.41, 5.74) is 0.814. The molecule has 2 saturated carbocycles. The van der Waals surface area contributed by atoms with Gasteiger partial charge in [-0.2, -0.15) is 0 Å². The Morgan fingerprint density at radius 2 is 2.05 bits per heavy atom. The van der Waals surface area contributed by atoms with Crippen LogP contribution in [0.1, 0.15) is 38.2 Å². The van der Waals surface area contributed by atoms with E-state index in [1.807, 2.05) is 0 Å². The van der Waals surface area contributed by atoms with Crippen molar-refractivity contribution in [1.29, 1.82) is 0 Å². The molecule has 0 spiro atoms. The van der Waals surface area contributed by atoms with Crippen molar-refractivity contribution in [2.24, 2.45) is 17.8 Å². The number of hydrogen-bond donors (Lipinski definition) is 1. The number of nitrogens with one attached hydrogen (secondary N) is 1. The fraction of sp³-hybridized carbons (Fsp3) is 0.625. The van der Waals surface area contributed by atoms with Crippen molar-refractivity contribution in [2.75, 3.05) is 0 Å². The lowest BCUT2D eigenvalue weighted by atomic mass is 9.84. The van der Waals surface area contributed by atoms with Gasteiger partial charge in [-0.1, -0.05) is 12.5 Å². The number of rotatable bonds is 4. The summed E-state index contributed by atoms with van der Waals surface area (Å²) in [5.74, 6) is 1.07. The molecule has 1 nitrogen and oxygen atoms in total. The zero-order chi connectivity index (χ0) is 13.4. The highest BCUT2D eigenvalue weighted by Crippen LogP contribution is 2.49. The zero-order valence-corrected chi connectivity index (χ0v) is 11.3. The SMILES string of the molecule is CC(NCc1ccc(F)c(F)c1)C1CC2CCC1C2. The van der Waals surface area contributed by atoms with Gasteiger partial charge in [-0.05, 0) is 61.6 Å². The fourth-order valence-electron chi connectivity index (χ4n) is 3.99. The molecule has 0 saturated heterocycles. The molecule has 0 radical (unpaired) electrons. The van der Waals surface area contributed by atoms with Gasteiger partial charge in [0.05, 0.1) is 0 Å². The Morgan fingerprint density at radius 1 is 1.21 bits per heavy atom. The largest absolute Gasteiger partial charge is 0.310 e. The van der Waals surface area contributed by atoms with Gasteiger partial charge in [0.15, 0.2) is 11.6 Å². The molecule has 0 aromatic heterocycles. The van der Waals surface area contributed by atoms with Crippen LogP contribution in [0.4, 0.5) is 8.78 Å². The highest BCUT2D eigenvalue weighted by atomic mass is 19.2. The minimum Gasteiger partial charge on any atom is -0.310 e. The molecule has 2 bridgehead atoms. The van der Waals surface area contributed by atoms with Crippen LogP contribution in [0, 0.1) is 29.4 Å². The normalized spacial score (nSPS) is 30.8. The van der Waals surface area contributed by atoms with Gasteiger partial charge in [0.1, 0.15) is 0 Å². The van der Waals surface area contributed by atoms with E-state index < -0.39 is 11.6 Å².